The van der Waals surface area contributed by atoms with Crippen LogP contribution < -0.4 is 15.5 Å². The third-order valence-electron chi connectivity index (χ3n) is 7.00. The number of carbonyl (C=O) groups excluding carboxylic acids is 1. The van der Waals surface area contributed by atoms with Crippen LogP contribution in [0.25, 0.3) is 10.9 Å². The number of morpholine rings is 1. The molecule has 0 aliphatic carbocycles. The van der Waals surface area contributed by atoms with Crippen molar-refractivity contribution in [3.05, 3.63) is 105 Å². The first-order valence-corrected chi connectivity index (χ1v) is 13.0. The highest BCUT2D eigenvalue weighted by atomic mass is 35.5. The van der Waals surface area contributed by atoms with Gasteiger partial charge < -0.3 is 19.4 Å². The molecule has 1 amide bonds. The molecule has 0 radical (unpaired) electrons. The number of ether oxygens (including phenoxy) is 2. The van der Waals surface area contributed by atoms with Crippen LogP contribution in [0.2, 0.25) is 5.02 Å². The summed E-state index contributed by atoms with van der Waals surface area (Å²) in [6.45, 7) is 4.43. The highest BCUT2D eigenvalue weighted by molar-refractivity contribution is 6.30. The minimum Gasteiger partial charge on any atom is -0.482 e. The summed E-state index contributed by atoms with van der Waals surface area (Å²) >= 11 is 5.97. The molecule has 1 unspecified atom stereocenters. The molecule has 1 atom stereocenters. The van der Waals surface area contributed by atoms with Crippen LogP contribution in [0.1, 0.15) is 33.2 Å². The fraction of sp³-hybridized carbons (Fsp3) is 0.276. The zero-order valence-corrected chi connectivity index (χ0v) is 21.5. The Morgan fingerprint density at radius 2 is 1.92 bits per heavy atom. The number of benzene rings is 2. The maximum Gasteiger partial charge on any atom is 0.257 e. The number of pyridine rings is 2. The van der Waals surface area contributed by atoms with E-state index in [4.69, 9.17) is 21.1 Å². The van der Waals surface area contributed by atoms with Gasteiger partial charge in [-0.25, -0.2) is 0 Å². The Morgan fingerprint density at radius 1 is 1.11 bits per heavy atom. The Bertz CT molecular complexity index is 1530. The van der Waals surface area contributed by atoms with Crippen LogP contribution in [-0.4, -0.2) is 46.7 Å². The van der Waals surface area contributed by atoms with Crippen molar-refractivity contribution in [2.75, 3.05) is 26.3 Å². The maximum absolute atomic E-state index is 13.7. The third-order valence-corrected chi connectivity index (χ3v) is 7.26. The first-order valence-electron chi connectivity index (χ1n) is 12.6. The molecule has 6 rings (SSSR count). The molecule has 4 aromatic rings. The van der Waals surface area contributed by atoms with E-state index in [2.05, 4.69) is 15.2 Å². The van der Waals surface area contributed by atoms with Crippen LogP contribution in [0, 0.1) is 0 Å². The summed E-state index contributed by atoms with van der Waals surface area (Å²) in [5.41, 5.74) is 3.28. The van der Waals surface area contributed by atoms with Crippen molar-refractivity contribution in [2.45, 2.75) is 25.7 Å². The SMILES string of the molecule is O=C(NCc1ccc(Cl)cc1)c1cn2c3c(cc(CN4CCOCC4)cc3c1=O)OC(c1cccnc1)C2. The molecule has 2 aromatic heterocycles. The monoisotopic (exact) mass is 530 g/mol. The molecule has 1 saturated heterocycles. The van der Waals surface area contributed by atoms with Gasteiger partial charge in [0.15, 0.2) is 0 Å². The second kappa shape index (κ2) is 10.6. The first kappa shape index (κ1) is 24.6. The van der Waals surface area contributed by atoms with Crippen LogP contribution in [0.3, 0.4) is 0 Å². The second-order valence-corrected chi connectivity index (χ2v) is 10.0. The highest BCUT2D eigenvalue weighted by Crippen LogP contribution is 2.36. The molecule has 9 heteroatoms. The van der Waals surface area contributed by atoms with E-state index in [0.29, 0.717) is 48.0 Å². The standard InChI is InChI=1S/C29H27ClN4O4/c30-22-5-3-19(4-6-22)14-32-29(36)24-17-34-18-26(21-2-1-7-31-15-21)38-25-13-20(12-23(27(25)34)28(24)35)16-33-8-10-37-11-9-33/h1-7,12-13,15,17,26H,8-11,14,16,18H2,(H,32,36). The van der Waals surface area contributed by atoms with Gasteiger partial charge in [0.25, 0.3) is 5.91 Å². The van der Waals surface area contributed by atoms with Gasteiger partial charge in [0.1, 0.15) is 17.4 Å². The number of nitrogens with one attached hydrogen (secondary N) is 1. The average Bonchev–Trinajstić information content (AvgIpc) is 2.95. The van der Waals surface area contributed by atoms with E-state index < -0.39 is 5.91 Å². The molecule has 1 fully saturated rings. The van der Waals surface area contributed by atoms with E-state index in [9.17, 15) is 9.59 Å². The molecule has 0 spiro atoms. The quantitative estimate of drug-likeness (QED) is 0.406. The Morgan fingerprint density at radius 3 is 2.68 bits per heavy atom. The number of hydrogen-bond acceptors (Lipinski definition) is 6. The molecule has 2 aliphatic heterocycles. The van der Waals surface area contributed by atoms with Crippen molar-refractivity contribution in [3.8, 4) is 5.75 Å². The summed E-state index contributed by atoms with van der Waals surface area (Å²) in [7, 11) is 0. The van der Waals surface area contributed by atoms with Gasteiger partial charge in [0.2, 0.25) is 5.43 Å². The van der Waals surface area contributed by atoms with Crippen molar-refractivity contribution in [2.24, 2.45) is 0 Å². The van der Waals surface area contributed by atoms with Crippen molar-refractivity contribution in [3.63, 3.8) is 0 Å². The van der Waals surface area contributed by atoms with Gasteiger partial charge in [-0.1, -0.05) is 29.8 Å². The number of rotatable bonds is 6. The van der Waals surface area contributed by atoms with Gasteiger partial charge in [-0.05, 0) is 41.5 Å². The number of halogens is 1. The predicted octanol–water partition coefficient (Wildman–Crippen LogP) is 3.95. The van der Waals surface area contributed by atoms with Crippen LogP contribution in [0.15, 0.2) is 71.9 Å². The van der Waals surface area contributed by atoms with Crippen LogP contribution >= 0.6 is 11.6 Å². The highest BCUT2D eigenvalue weighted by Gasteiger charge is 2.27. The van der Waals surface area contributed by atoms with E-state index in [1.165, 1.54) is 0 Å². The van der Waals surface area contributed by atoms with Gasteiger partial charge in [0, 0.05) is 55.4 Å². The van der Waals surface area contributed by atoms with Crippen molar-refractivity contribution in [1.82, 2.24) is 19.8 Å². The topological polar surface area (TPSA) is 85.7 Å². The summed E-state index contributed by atoms with van der Waals surface area (Å²) in [6, 6.07) is 15.0. The lowest BCUT2D eigenvalue weighted by Gasteiger charge is -2.30. The molecule has 2 aliphatic rings. The summed E-state index contributed by atoms with van der Waals surface area (Å²) in [4.78, 5) is 33.5. The lowest BCUT2D eigenvalue weighted by atomic mass is 10.0. The Kier molecular flexibility index (Phi) is 6.84. The predicted molar refractivity (Wildman–Crippen MR) is 145 cm³/mol. The zero-order valence-electron chi connectivity index (χ0n) is 20.7. The van der Waals surface area contributed by atoms with Gasteiger partial charge >= 0.3 is 0 Å². The fourth-order valence-electron chi connectivity index (χ4n) is 5.05. The summed E-state index contributed by atoms with van der Waals surface area (Å²) in [5, 5.41) is 4.00. The molecular formula is C29H27ClN4O4. The Balaban J connectivity index is 1.38. The molecule has 0 bridgehead atoms. The molecule has 0 saturated carbocycles. The Labute approximate surface area is 224 Å². The molecule has 1 N–H and O–H groups in total. The summed E-state index contributed by atoms with van der Waals surface area (Å²) in [5.74, 6) is 0.219. The van der Waals surface area contributed by atoms with Gasteiger partial charge in [-0.2, -0.15) is 0 Å². The third kappa shape index (κ3) is 5.03. The zero-order chi connectivity index (χ0) is 26.1. The minimum absolute atomic E-state index is 0.104. The van der Waals surface area contributed by atoms with Crippen LogP contribution in [0.4, 0.5) is 0 Å². The molecule has 8 nitrogen and oxygen atoms in total. The lowest BCUT2D eigenvalue weighted by molar-refractivity contribution is 0.0341. The number of hydrogen-bond donors (Lipinski definition) is 1. The first-order chi connectivity index (χ1) is 18.5. The molecule has 2 aromatic carbocycles. The largest absolute Gasteiger partial charge is 0.482 e. The van der Waals surface area contributed by atoms with E-state index in [1.807, 2.05) is 41.0 Å². The van der Waals surface area contributed by atoms with Crippen molar-refractivity contribution >= 4 is 28.4 Å². The van der Waals surface area contributed by atoms with E-state index >= 15 is 0 Å². The average molecular weight is 531 g/mol. The lowest BCUT2D eigenvalue weighted by Crippen LogP contribution is -2.35. The second-order valence-electron chi connectivity index (χ2n) is 9.60. The molecule has 38 heavy (non-hydrogen) atoms. The van der Waals surface area contributed by atoms with Crippen LogP contribution in [-0.2, 0) is 24.4 Å². The maximum atomic E-state index is 13.7. The van der Waals surface area contributed by atoms with Crippen LogP contribution in [0.5, 0.6) is 5.75 Å². The summed E-state index contributed by atoms with van der Waals surface area (Å²) in [6.07, 6.45) is 4.86. The smallest absolute Gasteiger partial charge is 0.257 e. The van der Waals surface area contributed by atoms with Gasteiger partial charge in [-0.15, -0.1) is 0 Å². The van der Waals surface area contributed by atoms with E-state index in [-0.39, 0.29) is 23.6 Å². The van der Waals surface area contributed by atoms with Gasteiger partial charge in [0.05, 0.1) is 30.7 Å². The normalized spacial score (nSPS) is 17.2. The van der Waals surface area contributed by atoms with Gasteiger partial charge in [-0.3, -0.25) is 19.5 Å². The Hall–Kier alpha value is -3.72. The number of aromatic nitrogens is 2. The minimum atomic E-state index is -0.417. The number of carbonyl (C=O) groups is 1. The molecule has 194 valence electrons. The molecular weight excluding hydrogens is 504 g/mol. The van der Waals surface area contributed by atoms with Crippen molar-refractivity contribution in [1.29, 1.82) is 0 Å². The number of nitrogens with zero attached hydrogens (tertiary/aromatic N) is 3. The fourth-order valence-corrected chi connectivity index (χ4v) is 5.18. The molecule has 4 heterocycles. The van der Waals surface area contributed by atoms with E-state index in [1.54, 1.807) is 30.7 Å². The summed E-state index contributed by atoms with van der Waals surface area (Å²) < 4.78 is 13.9. The number of amides is 1. The van der Waals surface area contributed by atoms with E-state index in [0.717, 1.165) is 29.8 Å². The van der Waals surface area contributed by atoms with Crippen molar-refractivity contribution < 1.29 is 14.3 Å².